The molecule has 0 bridgehead atoms. The fourth-order valence-electron chi connectivity index (χ4n) is 4.02. The number of aromatic amines is 1. The van der Waals surface area contributed by atoms with Crippen LogP contribution in [-0.2, 0) is 33.6 Å². The van der Waals surface area contributed by atoms with Crippen LogP contribution >= 0.6 is 0 Å². The molecule has 0 fully saturated rings. The summed E-state index contributed by atoms with van der Waals surface area (Å²) in [5.74, 6) is -0.700. The number of ether oxygens (including phenoxy) is 1. The summed E-state index contributed by atoms with van der Waals surface area (Å²) in [4.78, 5) is 27.5. The first-order valence-corrected chi connectivity index (χ1v) is 10.2. The van der Waals surface area contributed by atoms with Gasteiger partial charge >= 0.3 is 5.97 Å². The van der Waals surface area contributed by atoms with E-state index in [0.29, 0.717) is 0 Å². The Labute approximate surface area is 170 Å². The second-order valence-electron chi connectivity index (χ2n) is 7.72. The van der Waals surface area contributed by atoms with Crippen molar-refractivity contribution in [2.75, 3.05) is 6.61 Å². The van der Waals surface area contributed by atoms with Gasteiger partial charge in [0.1, 0.15) is 0 Å². The van der Waals surface area contributed by atoms with Crippen LogP contribution in [0.2, 0.25) is 0 Å². The maximum Gasteiger partial charge on any atom is 0.310 e. The Morgan fingerprint density at radius 1 is 1.10 bits per heavy atom. The number of benzene rings is 2. The van der Waals surface area contributed by atoms with Crippen LogP contribution < -0.4 is 5.32 Å². The summed E-state index contributed by atoms with van der Waals surface area (Å²) < 4.78 is 5.19. The van der Waals surface area contributed by atoms with E-state index in [1.165, 1.54) is 24.0 Å². The van der Waals surface area contributed by atoms with E-state index in [2.05, 4.69) is 28.5 Å². The average molecular weight is 390 g/mol. The zero-order valence-corrected chi connectivity index (χ0v) is 16.7. The van der Waals surface area contributed by atoms with Crippen molar-refractivity contribution < 1.29 is 14.3 Å². The number of para-hydroxylation sites is 1. The minimum absolute atomic E-state index is 0.123. The van der Waals surface area contributed by atoms with Gasteiger partial charge in [-0.1, -0.05) is 36.4 Å². The largest absolute Gasteiger partial charge is 0.455 e. The zero-order valence-electron chi connectivity index (χ0n) is 16.7. The average Bonchev–Trinajstić information content (AvgIpc) is 3.14. The van der Waals surface area contributed by atoms with Crippen molar-refractivity contribution in [1.29, 1.82) is 0 Å². The summed E-state index contributed by atoms with van der Waals surface area (Å²) in [6.45, 7) is 1.69. The highest BCUT2D eigenvalue weighted by atomic mass is 16.5. The van der Waals surface area contributed by atoms with Crippen molar-refractivity contribution in [2.45, 2.75) is 45.1 Å². The highest BCUT2D eigenvalue weighted by molar-refractivity contribution is 5.88. The number of carbonyl (C=O) groups excluding carboxylic acids is 2. The number of aromatic nitrogens is 1. The molecule has 1 aromatic heterocycles. The van der Waals surface area contributed by atoms with Gasteiger partial charge in [0.05, 0.1) is 12.5 Å². The second kappa shape index (κ2) is 8.52. The van der Waals surface area contributed by atoms with E-state index >= 15 is 0 Å². The molecule has 1 heterocycles. The quantitative estimate of drug-likeness (QED) is 0.625. The number of hydrogen-bond donors (Lipinski definition) is 2. The summed E-state index contributed by atoms with van der Waals surface area (Å²) in [5.41, 5.74) is 5.74. The third kappa shape index (κ3) is 4.50. The van der Waals surface area contributed by atoms with Crippen molar-refractivity contribution >= 4 is 22.8 Å². The number of rotatable bonds is 6. The lowest BCUT2D eigenvalue weighted by Gasteiger charge is -2.20. The Bertz CT molecular complexity index is 1040. The zero-order chi connectivity index (χ0) is 20.2. The molecule has 29 heavy (non-hydrogen) atoms. The van der Waals surface area contributed by atoms with Gasteiger partial charge in [-0.15, -0.1) is 0 Å². The Kier molecular flexibility index (Phi) is 5.65. The van der Waals surface area contributed by atoms with Crippen molar-refractivity contribution in [3.05, 3.63) is 70.9 Å². The Morgan fingerprint density at radius 2 is 1.90 bits per heavy atom. The molecule has 0 aliphatic heterocycles. The SMILES string of the molecule is C[C@H](NC(=O)COC(=O)Cc1c[nH]c2ccccc12)c1ccc2c(c1)CCCC2. The van der Waals surface area contributed by atoms with E-state index in [1.54, 1.807) is 0 Å². The molecule has 5 heteroatoms. The number of hydrogen-bond acceptors (Lipinski definition) is 3. The van der Waals surface area contributed by atoms with Crippen molar-refractivity contribution in [2.24, 2.45) is 0 Å². The number of fused-ring (bicyclic) bond motifs is 2. The van der Waals surface area contributed by atoms with Crippen LogP contribution in [0, 0.1) is 0 Å². The Hall–Kier alpha value is -3.08. The van der Waals surface area contributed by atoms with Crippen LogP contribution in [0.15, 0.2) is 48.7 Å². The summed E-state index contributed by atoms with van der Waals surface area (Å²) in [6.07, 6.45) is 6.67. The fourth-order valence-corrected chi connectivity index (χ4v) is 4.02. The van der Waals surface area contributed by atoms with Crippen LogP contribution in [0.4, 0.5) is 0 Å². The van der Waals surface area contributed by atoms with Crippen molar-refractivity contribution in [3.8, 4) is 0 Å². The third-order valence-electron chi connectivity index (χ3n) is 5.62. The Balaban J connectivity index is 1.28. The predicted octanol–water partition coefficient (Wildman–Crippen LogP) is 4.01. The van der Waals surface area contributed by atoms with Gasteiger partial charge in [-0.25, -0.2) is 0 Å². The van der Waals surface area contributed by atoms with Gasteiger partial charge in [0.2, 0.25) is 0 Å². The van der Waals surface area contributed by atoms with E-state index in [9.17, 15) is 9.59 Å². The molecule has 1 atom stereocenters. The minimum atomic E-state index is -0.411. The molecule has 0 saturated heterocycles. The number of carbonyl (C=O) groups is 2. The maximum absolute atomic E-state index is 12.2. The monoisotopic (exact) mass is 390 g/mol. The molecule has 2 N–H and O–H groups in total. The molecule has 1 amide bonds. The number of aryl methyl sites for hydroxylation is 2. The molecular weight excluding hydrogens is 364 g/mol. The standard InChI is InChI=1S/C24H26N2O3/c1-16(18-11-10-17-6-2-3-7-19(17)12-18)26-23(27)15-29-24(28)13-20-14-25-22-9-5-4-8-21(20)22/h4-5,8-12,14,16,25H,2-3,6-7,13,15H2,1H3,(H,26,27)/t16-/m0/s1. The molecule has 3 aromatic rings. The molecule has 1 aliphatic carbocycles. The van der Waals surface area contributed by atoms with E-state index in [-0.39, 0.29) is 25.0 Å². The van der Waals surface area contributed by atoms with Gasteiger partial charge < -0.3 is 15.0 Å². The first-order chi connectivity index (χ1) is 14.1. The van der Waals surface area contributed by atoms with E-state index < -0.39 is 5.97 Å². The van der Waals surface area contributed by atoms with Gasteiger partial charge in [-0.2, -0.15) is 0 Å². The molecular formula is C24H26N2O3. The summed E-state index contributed by atoms with van der Waals surface area (Å²) in [7, 11) is 0. The van der Waals surface area contributed by atoms with Crippen molar-refractivity contribution in [1.82, 2.24) is 10.3 Å². The first kappa shape index (κ1) is 19.2. The highest BCUT2D eigenvalue weighted by Gasteiger charge is 2.16. The Morgan fingerprint density at radius 3 is 2.76 bits per heavy atom. The van der Waals surface area contributed by atoms with Gasteiger partial charge in [0, 0.05) is 17.1 Å². The topological polar surface area (TPSA) is 71.2 Å². The van der Waals surface area contributed by atoms with E-state index in [0.717, 1.165) is 34.9 Å². The van der Waals surface area contributed by atoms with Crippen LogP contribution in [0.1, 0.15) is 48.1 Å². The fraction of sp³-hybridized carbons (Fsp3) is 0.333. The lowest BCUT2D eigenvalue weighted by atomic mass is 9.89. The lowest BCUT2D eigenvalue weighted by molar-refractivity contribution is -0.148. The van der Waals surface area contributed by atoms with E-state index in [1.807, 2.05) is 37.4 Å². The number of H-pyrrole nitrogens is 1. The van der Waals surface area contributed by atoms with Crippen LogP contribution in [0.25, 0.3) is 10.9 Å². The molecule has 0 radical (unpaired) electrons. The minimum Gasteiger partial charge on any atom is -0.455 e. The van der Waals surface area contributed by atoms with Crippen LogP contribution in [0.5, 0.6) is 0 Å². The molecule has 1 aliphatic rings. The van der Waals surface area contributed by atoms with Gasteiger partial charge in [-0.05, 0) is 60.9 Å². The van der Waals surface area contributed by atoms with Crippen molar-refractivity contribution in [3.63, 3.8) is 0 Å². The number of nitrogens with one attached hydrogen (secondary N) is 2. The lowest BCUT2D eigenvalue weighted by Crippen LogP contribution is -2.31. The first-order valence-electron chi connectivity index (χ1n) is 10.2. The highest BCUT2D eigenvalue weighted by Crippen LogP contribution is 2.24. The smallest absolute Gasteiger partial charge is 0.310 e. The van der Waals surface area contributed by atoms with E-state index in [4.69, 9.17) is 4.74 Å². The maximum atomic E-state index is 12.2. The van der Waals surface area contributed by atoms with Crippen LogP contribution in [0.3, 0.4) is 0 Å². The van der Waals surface area contributed by atoms with Crippen LogP contribution in [-0.4, -0.2) is 23.5 Å². The predicted molar refractivity (Wildman–Crippen MR) is 113 cm³/mol. The number of esters is 1. The molecule has 2 aromatic carbocycles. The molecule has 150 valence electrons. The molecule has 0 unspecified atom stereocenters. The summed E-state index contributed by atoms with van der Waals surface area (Å²) >= 11 is 0. The van der Waals surface area contributed by atoms with Gasteiger partial charge in [-0.3, -0.25) is 9.59 Å². The number of amides is 1. The molecule has 0 saturated carbocycles. The summed E-state index contributed by atoms with van der Waals surface area (Å²) in [6, 6.07) is 14.1. The van der Waals surface area contributed by atoms with Gasteiger partial charge in [0.25, 0.3) is 5.91 Å². The molecule has 0 spiro atoms. The van der Waals surface area contributed by atoms with Gasteiger partial charge in [0.15, 0.2) is 6.61 Å². The molecule has 5 nitrogen and oxygen atoms in total. The normalized spacial score (nSPS) is 14.2. The second-order valence-corrected chi connectivity index (χ2v) is 7.72. The summed E-state index contributed by atoms with van der Waals surface area (Å²) in [5, 5.41) is 3.92. The molecule has 4 rings (SSSR count). The third-order valence-corrected chi connectivity index (χ3v) is 5.62.